The van der Waals surface area contributed by atoms with Crippen LogP contribution in [-0.4, -0.2) is 11.5 Å². The molecule has 2 aromatic rings. The summed E-state index contributed by atoms with van der Waals surface area (Å²) in [6, 6.07) is 2.33. The Kier molecular flexibility index (Phi) is 3.49. The molecule has 5 heteroatoms. The minimum absolute atomic E-state index is 0.0386. The van der Waals surface area contributed by atoms with Crippen molar-refractivity contribution in [2.24, 2.45) is 11.1 Å². The summed E-state index contributed by atoms with van der Waals surface area (Å²) in [7, 11) is 0. The molecule has 0 bridgehead atoms. The van der Waals surface area contributed by atoms with E-state index in [2.05, 4.69) is 4.98 Å². The molecule has 0 aliphatic heterocycles. The second-order valence-electron chi connectivity index (χ2n) is 5.38. The highest BCUT2D eigenvalue weighted by Crippen LogP contribution is 2.28. The van der Waals surface area contributed by atoms with E-state index in [0.717, 1.165) is 6.07 Å². The number of rotatable bonds is 3. The number of pyridine rings is 1. The molecule has 1 heterocycles. The van der Waals surface area contributed by atoms with Gasteiger partial charge in [-0.2, -0.15) is 0 Å². The molecule has 19 heavy (non-hydrogen) atoms. The van der Waals surface area contributed by atoms with Gasteiger partial charge in [0.25, 0.3) is 0 Å². The fourth-order valence-corrected chi connectivity index (χ4v) is 1.95. The quantitative estimate of drug-likeness (QED) is 0.868. The van der Waals surface area contributed by atoms with Crippen molar-refractivity contribution in [1.82, 2.24) is 4.98 Å². The van der Waals surface area contributed by atoms with Gasteiger partial charge in [0, 0.05) is 22.7 Å². The SMILES string of the molecule is CC(C)(CN)Cc1nccc2c(F)c(F)c(F)cc12. The Morgan fingerprint density at radius 1 is 1.16 bits per heavy atom. The van der Waals surface area contributed by atoms with E-state index in [1.54, 1.807) is 0 Å². The number of nitrogens with zero attached hydrogens (tertiary/aromatic N) is 1. The lowest BCUT2D eigenvalue weighted by atomic mass is 9.86. The van der Waals surface area contributed by atoms with E-state index in [4.69, 9.17) is 5.73 Å². The smallest absolute Gasteiger partial charge is 0.195 e. The molecule has 0 aliphatic rings. The second-order valence-corrected chi connectivity index (χ2v) is 5.38. The average Bonchev–Trinajstić information content (AvgIpc) is 2.37. The molecule has 102 valence electrons. The van der Waals surface area contributed by atoms with Gasteiger partial charge in [-0.3, -0.25) is 4.98 Å². The van der Waals surface area contributed by atoms with E-state index < -0.39 is 17.5 Å². The van der Waals surface area contributed by atoms with Gasteiger partial charge in [-0.25, -0.2) is 13.2 Å². The van der Waals surface area contributed by atoms with Crippen molar-refractivity contribution in [3.05, 3.63) is 41.5 Å². The van der Waals surface area contributed by atoms with Gasteiger partial charge >= 0.3 is 0 Å². The molecule has 2 nitrogen and oxygen atoms in total. The summed E-state index contributed by atoms with van der Waals surface area (Å²) in [5.74, 6) is -3.84. The Morgan fingerprint density at radius 2 is 1.84 bits per heavy atom. The fraction of sp³-hybridized carbons (Fsp3) is 0.357. The summed E-state index contributed by atoms with van der Waals surface area (Å²) < 4.78 is 40.2. The van der Waals surface area contributed by atoms with Crippen LogP contribution in [0.15, 0.2) is 18.3 Å². The van der Waals surface area contributed by atoms with Gasteiger partial charge in [-0.1, -0.05) is 13.8 Å². The van der Waals surface area contributed by atoms with Crippen LogP contribution in [0.1, 0.15) is 19.5 Å². The van der Waals surface area contributed by atoms with E-state index in [9.17, 15) is 13.2 Å². The highest BCUT2D eigenvalue weighted by atomic mass is 19.2. The van der Waals surface area contributed by atoms with Crippen LogP contribution >= 0.6 is 0 Å². The maximum atomic E-state index is 13.7. The lowest BCUT2D eigenvalue weighted by Gasteiger charge is -2.22. The molecule has 0 saturated heterocycles. The molecule has 2 rings (SSSR count). The predicted molar refractivity (Wildman–Crippen MR) is 68.2 cm³/mol. The molecule has 0 saturated carbocycles. The minimum Gasteiger partial charge on any atom is -0.330 e. The van der Waals surface area contributed by atoms with Gasteiger partial charge in [-0.05, 0) is 30.5 Å². The highest BCUT2D eigenvalue weighted by molar-refractivity contribution is 5.85. The van der Waals surface area contributed by atoms with Gasteiger partial charge in [0.2, 0.25) is 0 Å². The van der Waals surface area contributed by atoms with Crippen molar-refractivity contribution in [2.75, 3.05) is 6.54 Å². The fourth-order valence-electron chi connectivity index (χ4n) is 1.95. The van der Waals surface area contributed by atoms with Gasteiger partial charge in [0.05, 0.1) is 0 Å². The van der Waals surface area contributed by atoms with Crippen molar-refractivity contribution < 1.29 is 13.2 Å². The molecule has 0 aliphatic carbocycles. The minimum atomic E-state index is -1.46. The van der Waals surface area contributed by atoms with Crippen LogP contribution in [0.4, 0.5) is 13.2 Å². The van der Waals surface area contributed by atoms with Crippen LogP contribution in [0, 0.1) is 22.9 Å². The maximum Gasteiger partial charge on any atom is 0.195 e. The van der Waals surface area contributed by atoms with Crippen LogP contribution in [0.3, 0.4) is 0 Å². The number of aromatic nitrogens is 1. The average molecular weight is 268 g/mol. The normalized spacial score (nSPS) is 12.1. The molecule has 0 fully saturated rings. The Balaban J connectivity index is 2.64. The molecule has 0 spiro atoms. The summed E-state index contributed by atoms with van der Waals surface area (Å²) >= 11 is 0. The van der Waals surface area contributed by atoms with Crippen molar-refractivity contribution in [1.29, 1.82) is 0 Å². The van der Waals surface area contributed by atoms with E-state index >= 15 is 0 Å². The van der Waals surface area contributed by atoms with Gasteiger partial charge < -0.3 is 5.73 Å². The summed E-state index contributed by atoms with van der Waals surface area (Å²) in [6.45, 7) is 4.28. The van der Waals surface area contributed by atoms with Crippen LogP contribution in [0.5, 0.6) is 0 Å². The second kappa shape index (κ2) is 4.81. The lowest BCUT2D eigenvalue weighted by Crippen LogP contribution is -2.26. The van der Waals surface area contributed by atoms with Crippen molar-refractivity contribution in [3.8, 4) is 0 Å². The molecule has 0 atom stereocenters. The van der Waals surface area contributed by atoms with Crippen molar-refractivity contribution in [2.45, 2.75) is 20.3 Å². The topological polar surface area (TPSA) is 38.9 Å². The predicted octanol–water partition coefficient (Wildman–Crippen LogP) is 3.18. The van der Waals surface area contributed by atoms with Crippen LogP contribution < -0.4 is 5.73 Å². The number of hydrogen-bond acceptors (Lipinski definition) is 2. The maximum absolute atomic E-state index is 13.7. The molecule has 0 amide bonds. The molecule has 2 N–H and O–H groups in total. The number of hydrogen-bond donors (Lipinski definition) is 1. The van der Waals surface area contributed by atoms with Gasteiger partial charge in [-0.15, -0.1) is 0 Å². The monoisotopic (exact) mass is 268 g/mol. The van der Waals surface area contributed by atoms with Gasteiger partial charge in [0.1, 0.15) is 0 Å². The number of benzene rings is 1. The first-order chi connectivity index (χ1) is 8.85. The third-order valence-electron chi connectivity index (χ3n) is 3.18. The lowest BCUT2D eigenvalue weighted by molar-refractivity contribution is 0.374. The number of fused-ring (bicyclic) bond motifs is 1. The number of halogens is 3. The van der Waals surface area contributed by atoms with E-state index in [1.165, 1.54) is 12.3 Å². The Labute approximate surface area is 109 Å². The summed E-state index contributed by atoms with van der Waals surface area (Å²) in [4.78, 5) is 4.14. The Bertz CT molecular complexity index is 624. The Morgan fingerprint density at radius 3 is 2.47 bits per heavy atom. The largest absolute Gasteiger partial charge is 0.330 e. The van der Waals surface area contributed by atoms with Crippen LogP contribution in [0.25, 0.3) is 10.8 Å². The van der Waals surface area contributed by atoms with Crippen molar-refractivity contribution in [3.63, 3.8) is 0 Å². The molecule has 0 radical (unpaired) electrons. The zero-order valence-corrected chi connectivity index (χ0v) is 10.8. The highest BCUT2D eigenvalue weighted by Gasteiger charge is 2.21. The van der Waals surface area contributed by atoms with E-state index in [1.807, 2.05) is 13.8 Å². The molecular weight excluding hydrogens is 253 g/mol. The zero-order chi connectivity index (χ0) is 14.2. The number of nitrogens with two attached hydrogens (primary N) is 1. The molecule has 1 aromatic carbocycles. The third kappa shape index (κ3) is 2.56. The first-order valence-corrected chi connectivity index (χ1v) is 5.97. The molecule has 1 aromatic heterocycles. The standard InChI is InChI=1S/C14H15F3N2/c1-14(2,7-18)6-11-9-5-10(15)13(17)12(16)8(9)3-4-19-11/h3-5H,6-7,18H2,1-2H3. The van der Waals surface area contributed by atoms with E-state index in [0.29, 0.717) is 24.0 Å². The third-order valence-corrected chi connectivity index (χ3v) is 3.18. The summed E-state index contributed by atoms with van der Waals surface area (Å²) in [5.41, 5.74) is 5.92. The van der Waals surface area contributed by atoms with Gasteiger partial charge in [0.15, 0.2) is 17.5 Å². The summed E-state index contributed by atoms with van der Waals surface area (Å²) in [6.07, 6.45) is 1.86. The first-order valence-electron chi connectivity index (χ1n) is 5.97. The van der Waals surface area contributed by atoms with Crippen LogP contribution in [-0.2, 0) is 6.42 Å². The zero-order valence-electron chi connectivity index (χ0n) is 10.8. The molecular formula is C14H15F3N2. The van der Waals surface area contributed by atoms with Crippen molar-refractivity contribution >= 4 is 10.8 Å². The Hall–Kier alpha value is -1.62. The van der Waals surface area contributed by atoms with Crippen LogP contribution in [0.2, 0.25) is 0 Å². The first kappa shape index (κ1) is 13.8. The molecule has 0 unspecified atom stereocenters. The summed E-state index contributed by atoms with van der Waals surface area (Å²) in [5, 5.41) is 0.331. The van der Waals surface area contributed by atoms with E-state index in [-0.39, 0.29) is 10.8 Å².